The molecule has 0 radical (unpaired) electrons. The Hall–Kier alpha value is -0.610. The highest BCUT2D eigenvalue weighted by atomic mass is 32.5. The van der Waals surface area contributed by atoms with Crippen molar-refractivity contribution in [2.45, 2.75) is 31.0 Å². The molecule has 0 saturated carbocycles. The van der Waals surface area contributed by atoms with E-state index in [2.05, 4.69) is 20.4 Å². The number of aliphatic hydroxyl groups is 2. The van der Waals surface area contributed by atoms with Gasteiger partial charge in [-0.3, -0.25) is 14.3 Å². The van der Waals surface area contributed by atoms with Crippen molar-refractivity contribution in [3.63, 3.8) is 0 Å². The summed E-state index contributed by atoms with van der Waals surface area (Å²) in [5.74, 6) is 0. The molecule has 1 aliphatic rings. The Morgan fingerprint density at radius 2 is 1.87 bits per heavy atom. The van der Waals surface area contributed by atoms with Crippen LogP contribution in [0, 0.1) is 0 Å². The second-order valence-corrected chi connectivity index (χ2v) is 11.9. The van der Waals surface area contributed by atoms with Crippen molar-refractivity contribution in [3.8, 4) is 0 Å². The summed E-state index contributed by atoms with van der Waals surface area (Å²) in [5, 5.41) is 20.8. The summed E-state index contributed by atoms with van der Waals surface area (Å²) in [5.41, 5.74) is -3.79. The summed E-state index contributed by atoms with van der Waals surface area (Å²) < 4.78 is 40.4. The van der Waals surface area contributed by atoms with E-state index in [4.69, 9.17) is 19.0 Å². The number of rotatable bonds is 8. The Morgan fingerprint density at radius 3 is 2.40 bits per heavy atom. The van der Waals surface area contributed by atoms with Crippen molar-refractivity contribution in [3.05, 3.63) is 33.1 Å². The maximum atomic E-state index is 11.9. The van der Waals surface area contributed by atoms with Gasteiger partial charge in [0, 0.05) is 12.3 Å². The van der Waals surface area contributed by atoms with Crippen molar-refractivity contribution in [1.82, 2.24) is 9.55 Å². The summed E-state index contributed by atoms with van der Waals surface area (Å²) >= 11 is 4.43. The number of H-pyrrole nitrogens is 1. The lowest BCUT2D eigenvalue weighted by Crippen LogP contribution is -2.46. The molecule has 0 spiro atoms. The minimum Gasteiger partial charge on any atom is -0.387 e. The van der Waals surface area contributed by atoms with E-state index in [1.807, 2.05) is 4.98 Å². The number of nitrogens with zero attached hydrogens (tertiary/aromatic N) is 1. The molecule has 1 aromatic heterocycles. The fourth-order valence-corrected chi connectivity index (χ4v) is 6.43. The van der Waals surface area contributed by atoms with Gasteiger partial charge in [-0.15, -0.1) is 0 Å². The Morgan fingerprint density at radius 1 is 1.27 bits per heavy atom. The molecule has 16 nitrogen and oxygen atoms in total. The van der Waals surface area contributed by atoms with Crippen molar-refractivity contribution >= 4 is 34.2 Å². The van der Waals surface area contributed by atoms with Gasteiger partial charge in [-0.2, -0.15) is 4.31 Å². The monoisotopic (exact) mass is 514 g/mol. The van der Waals surface area contributed by atoms with Crippen molar-refractivity contribution in [1.29, 1.82) is 0 Å². The Balaban J connectivity index is 2.13. The fraction of sp³-hybridized carbons (Fsp3) is 0.600. The molecule has 1 saturated heterocycles. The minimum absolute atomic E-state index is 0.724. The van der Waals surface area contributed by atoms with Crippen LogP contribution in [-0.2, 0) is 38.8 Å². The molecule has 1 fully saturated rings. The number of hydrogen-bond acceptors (Lipinski definition) is 11. The lowest BCUT2D eigenvalue weighted by Gasteiger charge is -2.27. The molecule has 2 rings (SSSR count). The summed E-state index contributed by atoms with van der Waals surface area (Å²) in [6, 6.07) is 0.957. The first kappa shape index (κ1) is 25.6. The molecule has 1 aromatic rings. The normalized spacial score (nSPS) is 31.2. The first-order chi connectivity index (χ1) is 13.4. The highest BCUT2D eigenvalue weighted by Gasteiger charge is 2.54. The van der Waals surface area contributed by atoms with Crippen LogP contribution in [0.15, 0.2) is 21.9 Å². The van der Waals surface area contributed by atoms with Gasteiger partial charge in [-0.05, 0) is 18.7 Å². The Kier molecular flexibility index (Phi) is 7.46. The molecule has 30 heavy (non-hydrogen) atoms. The van der Waals surface area contributed by atoms with Crippen molar-refractivity contribution in [2.75, 3.05) is 6.61 Å². The van der Waals surface area contributed by atoms with Crippen LogP contribution >= 0.6 is 22.4 Å². The number of nitrogens with one attached hydrogen (secondary N) is 1. The molecule has 172 valence electrons. The van der Waals surface area contributed by atoms with Gasteiger partial charge < -0.3 is 39.0 Å². The zero-order valence-electron chi connectivity index (χ0n) is 14.7. The summed E-state index contributed by atoms with van der Waals surface area (Å²) in [7, 11) is -11.0. The SMILES string of the molecule is C[C@@]1(O)[C@H](O)[C@@H](CO[P@](O)(=S)OP(=O)(O)OP(=O)(O)O)O[C@H]1n1ccc(=O)[nH]c1=O. The maximum Gasteiger partial charge on any atom is 0.488 e. The Bertz CT molecular complexity index is 1050. The average Bonchev–Trinajstić information content (AvgIpc) is 2.73. The van der Waals surface area contributed by atoms with Gasteiger partial charge in [0.1, 0.15) is 17.8 Å². The predicted octanol–water partition coefficient (Wildman–Crippen LogP) is -1.99. The van der Waals surface area contributed by atoms with Gasteiger partial charge >= 0.3 is 28.1 Å². The van der Waals surface area contributed by atoms with E-state index < -0.39 is 64.3 Å². The van der Waals surface area contributed by atoms with E-state index in [1.54, 1.807) is 0 Å². The first-order valence-electron chi connectivity index (χ1n) is 7.59. The second kappa shape index (κ2) is 8.73. The van der Waals surface area contributed by atoms with Gasteiger partial charge in [-0.25, -0.2) is 18.2 Å². The molecule has 7 N–H and O–H groups in total. The number of hydrogen-bond donors (Lipinski definition) is 7. The number of ether oxygens (including phenoxy) is 1. The van der Waals surface area contributed by atoms with E-state index in [1.165, 1.54) is 0 Å². The molecule has 1 unspecified atom stereocenters. The zero-order valence-corrected chi connectivity index (χ0v) is 18.2. The molecule has 1 aliphatic heterocycles. The molecule has 0 aliphatic carbocycles. The summed E-state index contributed by atoms with van der Waals surface area (Å²) in [6.07, 6.45) is -3.74. The molecule has 6 atom stereocenters. The van der Waals surface area contributed by atoms with Crippen LogP contribution in [0.25, 0.3) is 0 Å². The lowest BCUT2D eigenvalue weighted by atomic mass is 9.96. The number of aromatic amines is 1. The van der Waals surface area contributed by atoms with Crippen LogP contribution in [0.4, 0.5) is 0 Å². The van der Waals surface area contributed by atoms with E-state index in [-0.39, 0.29) is 0 Å². The molecule has 20 heteroatoms. The predicted molar refractivity (Wildman–Crippen MR) is 98.4 cm³/mol. The van der Waals surface area contributed by atoms with Gasteiger partial charge in [0.15, 0.2) is 6.23 Å². The van der Waals surface area contributed by atoms with Gasteiger partial charge in [0.05, 0.1) is 6.61 Å². The smallest absolute Gasteiger partial charge is 0.387 e. The van der Waals surface area contributed by atoms with Crippen LogP contribution in [-0.4, -0.2) is 63.8 Å². The van der Waals surface area contributed by atoms with Gasteiger partial charge in [0.25, 0.3) is 5.56 Å². The largest absolute Gasteiger partial charge is 0.488 e. The highest BCUT2D eigenvalue weighted by Crippen LogP contribution is 2.66. The van der Waals surface area contributed by atoms with Crippen LogP contribution in [0.2, 0.25) is 0 Å². The topological polar surface area (TPSA) is 247 Å². The third-order valence-corrected chi connectivity index (χ3v) is 8.40. The van der Waals surface area contributed by atoms with Crippen molar-refractivity contribution in [2.24, 2.45) is 0 Å². The van der Waals surface area contributed by atoms with Gasteiger partial charge in [0.2, 0.25) is 0 Å². The van der Waals surface area contributed by atoms with Crippen molar-refractivity contribution < 1.29 is 56.8 Å². The molecule has 2 heterocycles. The molecular formula is C10H17N2O14P3S. The second-order valence-electron chi connectivity index (χ2n) is 6.10. The Labute approximate surface area is 171 Å². The maximum absolute atomic E-state index is 11.9. The number of aromatic nitrogens is 2. The van der Waals surface area contributed by atoms with Crippen LogP contribution < -0.4 is 11.2 Å². The lowest BCUT2D eigenvalue weighted by molar-refractivity contribution is -0.0985. The highest BCUT2D eigenvalue weighted by molar-refractivity contribution is 8.08. The molecule has 0 amide bonds. The average molecular weight is 514 g/mol. The molecule has 0 bridgehead atoms. The van der Waals surface area contributed by atoms with E-state index in [0.29, 0.717) is 0 Å². The van der Waals surface area contributed by atoms with Gasteiger partial charge in [-0.1, -0.05) is 0 Å². The number of aliphatic hydroxyl groups excluding tert-OH is 1. The summed E-state index contributed by atoms with van der Waals surface area (Å²) in [4.78, 5) is 61.1. The first-order valence-corrected chi connectivity index (χ1v) is 13.2. The standard InChI is InChI=1S/C10H17N2O14P3S/c1-10(16)7(14)5(24-8(10)12-3-2-6(13)11-9(12)15)4-23-29(22,30)26-28(20,21)25-27(17,18)19/h2-3,5,7-8,14,16H,4H2,1H3,(H,20,21)(H,22,30)(H,11,13,15)(H2,17,18,19)/t5-,7-,8-,10-,29+/m1/s1. The quantitative estimate of drug-likeness (QED) is 0.186. The van der Waals surface area contributed by atoms with E-state index in [0.717, 1.165) is 23.8 Å². The van der Waals surface area contributed by atoms with Crippen LogP contribution in [0.5, 0.6) is 0 Å². The zero-order chi connectivity index (χ0) is 23.1. The molecular weight excluding hydrogens is 497 g/mol. The van der Waals surface area contributed by atoms with E-state index >= 15 is 0 Å². The third-order valence-electron chi connectivity index (χ3n) is 3.68. The summed E-state index contributed by atoms with van der Waals surface area (Å²) in [6.45, 7) is -4.42. The minimum atomic E-state index is -5.53. The van der Waals surface area contributed by atoms with Crippen LogP contribution in [0.1, 0.15) is 13.2 Å². The van der Waals surface area contributed by atoms with Crippen LogP contribution in [0.3, 0.4) is 0 Å². The van der Waals surface area contributed by atoms with E-state index in [9.17, 15) is 38.7 Å². The molecule has 0 aromatic carbocycles. The number of phosphoric acid groups is 2. The third kappa shape index (κ3) is 6.45. The fourth-order valence-electron chi connectivity index (χ4n) is 2.46.